The molecule has 1 aliphatic rings. The van der Waals surface area contributed by atoms with Crippen molar-refractivity contribution < 1.29 is 14.3 Å². The molecule has 0 bridgehead atoms. The smallest absolute Gasteiger partial charge is 0.317 e. The first-order chi connectivity index (χ1) is 11.6. The lowest BCUT2D eigenvalue weighted by atomic mass is 9.98. The zero-order chi connectivity index (χ0) is 17.4. The molecule has 0 unspecified atom stereocenters. The van der Waals surface area contributed by atoms with Crippen LogP contribution in [0.15, 0.2) is 24.3 Å². The van der Waals surface area contributed by atoms with Crippen molar-refractivity contribution >= 4 is 11.9 Å². The van der Waals surface area contributed by atoms with Gasteiger partial charge in [-0.25, -0.2) is 4.79 Å². The Kier molecular flexibility index (Phi) is 6.90. The van der Waals surface area contributed by atoms with Gasteiger partial charge >= 0.3 is 6.03 Å². The van der Waals surface area contributed by atoms with Crippen molar-refractivity contribution in [2.75, 3.05) is 26.7 Å². The molecule has 1 saturated heterocycles. The monoisotopic (exact) mass is 333 g/mol. The fourth-order valence-electron chi connectivity index (χ4n) is 2.83. The molecule has 6 nitrogen and oxygen atoms in total. The van der Waals surface area contributed by atoms with E-state index in [1.807, 2.05) is 36.1 Å². The number of amides is 3. The van der Waals surface area contributed by atoms with E-state index in [1.54, 1.807) is 7.11 Å². The molecule has 1 aliphatic heterocycles. The van der Waals surface area contributed by atoms with Crippen molar-refractivity contribution in [3.05, 3.63) is 29.8 Å². The second kappa shape index (κ2) is 9.15. The maximum atomic E-state index is 12.3. The lowest BCUT2D eigenvalue weighted by Gasteiger charge is -2.32. The maximum absolute atomic E-state index is 12.3. The number of methoxy groups -OCH3 is 1. The highest BCUT2D eigenvalue weighted by atomic mass is 16.5. The maximum Gasteiger partial charge on any atom is 0.317 e. The summed E-state index contributed by atoms with van der Waals surface area (Å²) in [6.07, 6.45) is 2.52. The molecular formula is C18H27N3O3. The summed E-state index contributed by atoms with van der Waals surface area (Å²) in [6, 6.07) is 7.61. The van der Waals surface area contributed by atoms with Crippen LogP contribution >= 0.6 is 0 Å². The van der Waals surface area contributed by atoms with Gasteiger partial charge in [0.15, 0.2) is 0 Å². The van der Waals surface area contributed by atoms with Gasteiger partial charge in [-0.15, -0.1) is 0 Å². The number of hydrogen-bond acceptors (Lipinski definition) is 3. The summed E-state index contributed by atoms with van der Waals surface area (Å²) in [4.78, 5) is 25.5. The van der Waals surface area contributed by atoms with Crippen LogP contribution in [0, 0.1) is 5.92 Å². The lowest BCUT2D eigenvalue weighted by Crippen LogP contribution is -2.47. The van der Waals surface area contributed by atoms with Crippen LogP contribution < -0.4 is 15.4 Å². The Hall–Kier alpha value is -2.24. The van der Waals surface area contributed by atoms with E-state index in [0.717, 1.165) is 30.7 Å². The standard InChI is InChI=1S/C18H27N3O3/c1-3-17(22)19-12-15-5-4-10-21(13-15)18(23)20-11-14-6-8-16(24-2)9-7-14/h6-9,15H,3-5,10-13H2,1-2H3,(H,19,22)(H,20,23)/t15-/m0/s1. The zero-order valence-corrected chi connectivity index (χ0v) is 14.5. The van der Waals surface area contributed by atoms with Crippen molar-refractivity contribution in [2.24, 2.45) is 5.92 Å². The van der Waals surface area contributed by atoms with E-state index >= 15 is 0 Å². The summed E-state index contributed by atoms with van der Waals surface area (Å²) >= 11 is 0. The van der Waals surface area contributed by atoms with Crippen LogP contribution in [0.2, 0.25) is 0 Å². The number of likely N-dealkylation sites (tertiary alicyclic amines) is 1. The Morgan fingerprint density at radius 3 is 2.67 bits per heavy atom. The fourth-order valence-corrected chi connectivity index (χ4v) is 2.83. The minimum absolute atomic E-state index is 0.0441. The molecule has 24 heavy (non-hydrogen) atoms. The van der Waals surface area contributed by atoms with E-state index in [0.29, 0.717) is 32.0 Å². The van der Waals surface area contributed by atoms with Crippen molar-refractivity contribution in [2.45, 2.75) is 32.7 Å². The Balaban J connectivity index is 1.77. The summed E-state index contributed by atoms with van der Waals surface area (Å²) < 4.78 is 5.12. The Labute approximate surface area is 143 Å². The highest BCUT2D eigenvalue weighted by molar-refractivity contribution is 5.75. The normalized spacial score (nSPS) is 17.2. The van der Waals surface area contributed by atoms with Gasteiger partial charge in [0, 0.05) is 32.6 Å². The highest BCUT2D eigenvalue weighted by Gasteiger charge is 2.23. The van der Waals surface area contributed by atoms with Gasteiger partial charge in [-0.2, -0.15) is 0 Å². The third kappa shape index (κ3) is 5.44. The van der Waals surface area contributed by atoms with E-state index in [2.05, 4.69) is 10.6 Å². The van der Waals surface area contributed by atoms with Crippen LogP contribution in [0.25, 0.3) is 0 Å². The molecular weight excluding hydrogens is 306 g/mol. The molecule has 2 N–H and O–H groups in total. The van der Waals surface area contributed by atoms with Gasteiger partial charge in [0.2, 0.25) is 5.91 Å². The van der Waals surface area contributed by atoms with Crippen LogP contribution in [0.3, 0.4) is 0 Å². The molecule has 1 atom stereocenters. The Morgan fingerprint density at radius 2 is 2.00 bits per heavy atom. The van der Waals surface area contributed by atoms with Crippen LogP contribution in [0.5, 0.6) is 5.75 Å². The number of carbonyl (C=O) groups excluding carboxylic acids is 2. The molecule has 1 fully saturated rings. The Morgan fingerprint density at radius 1 is 1.25 bits per heavy atom. The van der Waals surface area contributed by atoms with Gasteiger partial charge < -0.3 is 20.3 Å². The summed E-state index contributed by atoms with van der Waals surface area (Å²) in [7, 11) is 1.63. The molecule has 3 amide bonds. The number of rotatable bonds is 6. The van der Waals surface area contributed by atoms with Crippen LogP contribution in [-0.2, 0) is 11.3 Å². The first-order valence-electron chi connectivity index (χ1n) is 8.54. The third-order valence-electron chi connectivity index (χ3n) is 4.32. The van der Waals surface area contributed by atoms with Gasteiger partial charge in [-0.1, -0.05) is 19.1 Å². The average Bonchev–Trinajstić information content (AvgIpc) is 2.64. The van der Waals surface area contributed by atoms with E-state index in [4.69, 9.17) is 4.74 Å². The second-order valence-corrected chi connectivity index (χ2v) is 6.12. The molecule has 0 radical (unpaired) electrons. The number of piperidine rings is 1. The predicted octanol–water partition coefficient (Wildman–Crippen LogP) is 2.14. The largest absolute Gasteiger partial charge is 0.497 e. The Bertz CT molecular complexity index is 545. The quantitative estimate of drug-likeness (QED) is 0.838. The van der Waals surface area contributed by atoms with Crippen molar-refractivity contribution in [3.8, 4) is 5.75 Å². The van der Waals surface area contributed by atoms with Crippen molar-refractivity contribution in [1.29, 1.82) is 0 Å². The number of ether oxygens (including phenoxy) is 1. The zero-order valence-electron chi connectivity index (χ0n) is 14.5. The molecule has 0 spiro atoms. The van der Waals surface area contributed by atoms with Gasteiger partial charge in [0.1, 0.15) is 5.75 Å². The van der Waals surface area contributed by atoms with E-state index < -0.39 is 0 Å². The lowest BCUT2D eigenvalue weighted by molar-refractivity contribution is -0.121. The first-order valence-corrected chi connectivity index (χ1v) is 8.54. The molecule has 1 heterocycles. The minimum Gasteiger partial charge on any atom is -0.497 e. The van der Waals surface area contributed by atoms with E-state index in [1.165, 1.54) is 0 Å². The molecule has 0 aromatic heterocycles. The molecule has 0 aliphatic carbocycles. The summed E-state index contributed by atoms with van der Waals surface area (Å²) in [6.45, 7) is 4.45. The predicted molar refractivity (Wildman–Crippen MR) is 92.8 cm³/mol. The SMILES string of the molecule is CCC(=O)NC[C@@H]1CCCN(C(=O)NCc2ccc(OC)cc2)C1. The summed E-state index contributed by atoms with van der Waals surface area (Å²) in [5.74, 6) is 1.20. The fraction of sp³-hybridized carbons (Fsp3) is 0.556. The number of nitrogens with one attached hydrogen (secondary N) is 2. The number of urea groups is 1. The van der Waals surface area contributed by atoms with Gasteiger partial charge in [-0.3, -0.25) is 4.79 Å². The number of carbonyl (C=O) groups is 2. The van der Waals surface area contributed by atoms with Gasteiger partial charge in [-0.05, 0) is 36.5 Å². The molecule has 0 saturated carbocycles. The van der Waals surface area contributed by atoms with Gasteiger partial charge in [0.25, 0.3) is 0 Å². The number of nitrogens with zero attached hydrogens (tertiary/aromatic N) is 1. The van der Waals surface area contributed by atoms with Crippen molar-refractivity contribution in [1.82, 2.24) is 15.5 Å². The van der Waals surface area contributed by atoms with Crippen LogP contribution in [-0.4, -0.2) is 43.6 Å². The molecule has 132 valence electrons. The second-order valence-electron chi connectivity index (χ2n) is 6.12. The first kappa shape index (κ1) is 18.1. The third-order valence-corrected chi connectivity index (χ3v) is 4.32. The van der Waals surface area contributed by atoms with Crippen molar-refractivity contribution in [3.63, 3.8) is 0 Å². The molecule has 6 heteroatoms. The number of hydrogen-bond donors (Lipinski definition) is 2. The summed E-state index contributed by atoms with van der Waals surface area (Å²) in [5.41, 5.74) is 1.04. The molecule has 1 aromatic rings. The van der Waals surface area contributed by atoms with Crippen LogP contribution in [0.4, 0.5) is 4.79 Å². The minimum atomic E-state index is -0.0441. The van der Waals surface area contributed by atoms with E-state index in [-0.39, 0.29) is 11.9 Å². The topological polar surface area (TPSA) is 70.7 Å². The molecule has 2 rings (SSSR count). The highest BCUT2D eigenvalue weighted by Crippen LogP contribution is 2.16. The summed E-state index contributed by atoms with van der Waals surface area (Å²) in [5, 5.41) is 5.88. The van der Waals surface area contributed by atoms with E-state index in [9.17, 15) is 9.59 Å². The molecule has 1 aromatic carbocycles. The van der Waals surface area contributed by atoms with Gasteiger partial charge in [0.05, 0.1) is 7.11 Å². The average molecular weight is 333 g/mol. The van der Waals surface area contributed by atoms with Crippen LogP contribution in [0.1, 0.15) is 31.7 Å². The number of benzene rings is 1.